The molecule has 4 aliphatic carbocycles. The van der Waals surface area contributed by atoms with Crippen LogP contribution in [0.25, 0.3) is 0 Å². The highest BCUT2D eigenvalue weighted by molar-refractivity contribution is 5.20. The van der Waals surface area contributed by atoms with Crippen LogP contribution in [-0.4, -0.2) is 12.7 Å². The Labute approximate surface area is 111 Å². The molecule has 4 bridgehead atoms. The van der Waals surface area contributed by atoms with Crippen LogP contribution in [-0.2, 0) is 4.74 Å². The smallest absolute Gasteiger partial charge is 0.0609 e. The van der Waals surface area contributed by atoms with Gasteiger partial charge in [-0.25, -0.2) is 0 Å². The van der Waals surface area contributed by atoms with Crippen molar-refractivity contribution in [2.45, 2.75) is 51.6 Å². The summed E-state index contributed by atoms with van der Waals surface area (Å²) >= 11 is 0. The molecule has 1 heteroatoms. The SMILES string of the molecule is CCCCCOC1CC2CC1C1C3C=CC(C3)C21. The molecule has 0 aromatic heterocycles. The van der Waals surface area contributed by atoms with E-state index in [0.717, 1.165) is 42.1 Å². The Balaban J connectivity index is 1.38. The number of allylic oxidation sites excluding steroid dienone is 2. The van der Waals surface area contributed by atoms with Gasteiger partial charge in [-0.05, 0) is 61.2 Å². The second kappa shape index (κ2) is 4.37. The van der Waals surface area contributed by atoms with Crippen LogP contribution in [0.4, 0.5) is 0 Å². The van der Waals surface area contributed by atoms with E-state index in [1.807, 2.05) is 0 Å². The summed E-state index contributed by atoms with van der Waals surface area (Å²) in [6.07, 6.45) is 13.9. The van der Waals surface area contributed by atoms with E-state index >= 15 is 0 Å². The van der Waals surface area contributed by atoms with Gasteiger partial charge in [0.2, 0.25) is 0 Å². The predicted molar refractivity (Wildman–Crippen MR) is 73.2 cm³/mol. The van der Waals surface area contributed by atoms with Crippen molar-refractivity contribution in [2.24, 2.45) is 35.5 Å². The average Bonchev–Trinajstić information content (AvgIpc) is 3.10. The molecule has 7 atom stereocenters. The molecule has 3 saturated carbocycles. The second-order valence-corrected chi connectivity index (χ2v) is 7.11. The molecule has 0 heterocycles. The van der Waals surface area contributed by atoms with Gasteiger partial charge in [-0.1, -0.05) is 31.9 Å². The molecule has 0 aliphatic heterocycles. The largest absolute Gasteiger partial charge is 0.378 e. The molecule has 3 fully saturated rings. The Morgan fingerprint density at radius 1 is 1.00 bits per heavy atom. The fraction of sp³-hybridized carbons (Fsp3) is 0.882. The first-order valence-corrected chi connectivity index (χ1v) is 8.18. The lowest BCUT2D eigenvalue weighted by Gasteiger charge is -2.36. The summed E-state index contributed by atoms with van der Waals surface area (Å²) in [5, 5.41) is 0. The van der Waals surface area contributed by atoms with Gasteiger partial charge in [0.25, 0.3) is 0 Å². The van der Waals surface area contributed by atoms with Crippen molar-refractivity contribution in [1.82, 2.24) is 0 Å². The van der Waals surface area contributed by atoms with E-state index in [-0.39, 0.29) is 0 Å². The number of hydrogen-bond acceptors (Lipinski definition) is 1. The number of hydrogen-bond donors (Lipinski definition) is 0. The molecule has 4 rings (SSSR count). The summed E-state index contributed by atoms with van der Waals surface area (Å²) < 4.78 is 6.23. The van der Waals surface area contributed by atoms with Crippen molar-refractivity contribution in [3.63, 3.8) is 0 Å². The van der Waals surface area contributed by atoms with Crippen molar-refractivity contribution in [2.75, 3.05) is 6.61 Å². The van der Waals surface area contributed by atoms with E-state index in [1.54, 1.807) is 0 Å². The maximum atomic E-state index is 6.23. The van der Waals surface area contributed by atoms with Crippen molar-refractivity contribution in [1.29, 1.82) is 0 Å². The van der Waals surface area contributed by atoms with Crippen LogP contribution in [0.3, 0.4) is 0 Å². The van der Waals surface area contributed by atoms with E-state index in [4.69, 9.17) is 4.74 Å². The number of unbranched alkanes of at least 4 members (excludes halogenated alkanes) is 2. The summed E-state index contributed by atoms with van der Waals surface area (Å²) in [4.78, 5) is 0. The van der Waals surface area contributed by atoms with Gasteiger partial charge in [0.1, 0.15) is 0 Å². The van der Waals surface area contributed by atoms with Crippen molar-refractivity contribution in [3.05, 3.63) is 12.2 Å². The van der Waals surface area contributed by atoms with Crippen LogP contribution in [0.15, 0.2) is 12.2 Å². The minimum Gasteiger partial charge on any atom is -0.378 e. The molecule has 100 valence electrons. The fourth-order valence-electron chi connectivity index (χ4n) is 5.73. The lowest BCUT2D eigenvalue weighted by Crippen LogP contribution is -2.35. The normalized spacial score (nSPS) is 51.3. The van der Waals surface area contributed by atoms with E-state index in [1.165, 1.54) is 38.5 Å². The third-order valence-corrected chi connectivity index (χ3v) is 6.29. The zero-order valence-electron chi connectivity index (χ0n) is 11.6. The minimum atomic E-state index is 0.626. The quantitative estimate of drug-likeness (QED) is 0.404. The summed E-state index contributed by atoms with van der Waals surface area (Å²) in [5.74, 6) is 5.88. The summed E-state index contributed by atoms with van der Waals surface area (Å²) in [7, 11) is 0. The zero-order valence-corrected chi connectivity index (χ0v) is 11.6. The van der Waals surface area contributed by atoms with Crippen LogP contribution in [0.5, 0.6) is 0 Å². The van der Waals surface area contributed by atoms with E-state index in [9.17, 15) is 0 Å². The van der Waals surface area contributed by atoms with Gasteiger partial charge in [0, 0.05) is 6.61 Å². The molecule has 0 amide bonds. The van der Waals surface area contributed by atoms with Gasteiger partial charge < -0.3 is 4.74 Å². The Hall–Kier alpha value is -0.300. The molecule has 0 aromatic carbocycles. The molecular weight excluding hydrogens is 220 g/mol. The van der Waals surface area contributed by atoms with Crippen LogP contribution in [0.2, 0.25) is 0 Å². The monoisotopic (exact) mass is 246 g/mol. The molecular formula is C17H26O. The van der Waals surface area contributed by atoms with Gasteiger partial charge in [-0.2, -0.15) is 0 Å². The number of rotatable bonds is 5. The van der Waals surface area contributed by atoms with Gasteiger partial charge >= 0.3 is 0 Å². The third kappa shape index (κ3) is 1.56. The highest BCUT2D eigenvalue weighted by atomic mass is 16.5. The Morgan fingerprint density at radius 2 is 1.83 bits per heavy atom. The van der Waals surface area contributed by atoms with Crippen LogP contribution >= 0.6 is 0 Å². The Kier molecular flexibility index (Phi) is 2.80. The van der Waals surface area contributed by atoms with Gasteiger partial charge in [0.05, 0.1) is 6.10 Å². The molecule has 0 aromatic rings. The van der Waals surface area contributed by atoms with Crippen LogP contribution in [0, 0.1) is 35.5 Å². The molecule has 0 spiro atoms. The van der Waals surface area contributed by atoms with Crippen LogP contribution < -0.4 is 0 Å². The molecule has 7 unspecified atom stereocenters. The van der Waals surface area contributed by atoms with Crippen LogP contribution in [0.1, 0.15) is 45.4 Å². The molecule has 1 nitrogen and oxygen atoms in total. The third-order valence-electron chi connectivity index (χ3n) is 6.29. The lowest BCUT2D eigenvalue weighted by atomic mass is 9.72. The first kappa shape index (κ1) is 11.5. The predicted octanol–water partition coefficient (Wildman–Crippen LogP) is 4.04. The molecule has 0 N–H and O–H groups in total. The molecule has 0 radical (unpaired) electrons. The van der Waals surface area contributed by atoms with Gasteiger partial charge in [-0.15, -0.1) is 0 Å². The summed E-state index contributed by atoms with van der Waals surface area (Å²) in [6, 6.07) is 0. The van der Waals surface area contributed by atoms with Crippen molar-refractivity contribution in [3.8, 4) is 0 Å². The average molecular weight is 246 g/mol. The first-order valence-electron chi connectivity index (χ1n) is 8.18. The van der Waals surface area contributed by atoms with Crippen molar-refractivity contribution >= 4 is 0 Å². The number of ether oxygens (including phenoxy) is 1. The highest BCUT2D eigenvalue weighted by Crippen LogP contribution is 2.65. The minimum absolute atomic E-state index is 0.626. The Bertz CT molecular complexity index is 348. The van der Waals surface area contributed by atoms with Crippen molar-refractivity contribution < 1.29 is 4.74 Å². The summed E-state index contributed by atoms with van der Waals surface area (Å²) in [5.41, 5.74) is 0. The van der Waals surface area contributed by atoms with E-state index in [2.05, 4.69) is 19.1 Å². The second-order valence-electron chi connectivity index (χ2n) is 7.11. The highest BCUT2D eigenvalue weighted by Gasteiger charge is 2.61. The van der Waals surface area contributed by atoms with E-state index in [0.29, 0.717) is 6.10 Å². The standard InChI is InChI=1S/C17H26O/c1-2-3-4-7-18-15-10-13-9-14(15)17-12-6-5-11(8-12)16(13)17/h5-6,11-17H,2-4,7-10H2,1H3. The lowest BCUT2D eigenvalue weighted by molar-refractivity contribution is -0.0197. The summed E-state index contributed by atoms with van der Waals surface area (Å²) in [6.45, 7) is 3.28. The topological polar surface area (TPSA) is 9.23 Å². The fourth-order valence-corrected chi connectivity index (χ4v) is 5.73. The number of fused-ring (bicyclic) bond motifs is 9. The maximum Gasteiger partial charge on any atom is 0.0609 e. The maximum absolute atomic E-state index is 6.23. The first-order chi connectivity index (χ1) is 8.88. The zero-order chi connectivity index (χ0) is 12.1. The molecule has 18 heavy (non-hydrogen) atoms. The molecule has 4 aliphatic rings. The Morgan fingerprint density at radius 3 is 2.67 bits per heavy atom. The van der Waals surface area contributed by atoms with Gasteiger partial charge in [0.15, 0.2) is 0 Å². The molecule has 0 saturated heterocycles. The van der Waals surface area contributed by atoms with Gasteiger partial charge in [-0.3, -0.25) is 0 Å². The van der Waals surface area contributed by atoms with E-state index < -0.39 is 0 Å².